The minimum Gasteiger partial charge on any atom is -0.391 e. The Labute approximate surface area is 247 Å². The van der Waals surface area contributed by atoms with E-state index < -0.39 is 11.9 Å². The molecule has 2 amide bonds. The van der Waals surface area contributed by atoms with Crippen LogP contribution in [-0.2, 0) is 11.2 Å². The highest BCUT2D eigenvalue weighted by Gasteiger charge is 2.34. The number of hydrogen-bond donors (Lipinski definition) is 1. The maximum atomic E-state index is 14.5. The standard InChI is InChI=1S/C33H42FN5O3/c1-21-15-35-16-31-32(21)26(13-25-6-9-36(18-25)17-24-7-10-37(11-8-24)23(3)40)19-39(31)30-5-4-27(34)14-29(30)33(42)38-20-28(41)12-22(38)2/h4-5,14-16,19,22,24-25,28,41H,6-13,17-18,20H2,1-3H3/t22-,25+,28+/m1/s1. The largest absolute Gasteiger partial charge is 0.391 e. The number of nitrogens with zero attached hydrogens (tertiary/aromatic N) is 5. The second-order valence-electron chi connectivity index (χ2n) is 12.8. The topological polar surface area (TPSA) is 81.9 Å². The van der Waals surface area contributed by atoms with Crippen LogP contribution < -0.4 is 0 Å². The summed E-state index contributed by atoms with van der Waals surface area (Å²) in [6.45, 7) is 10.9. The van der Waals surface area contributed by atoms with Crippen LogP contribution in [-0.4, -0.2) is 92.6 Å². The van der Waals surface area contributed by atoms with Gasteiger partial charge in [0.2, 0.25) is 5.91 Å². The van der Waals surface area contributed by atoms with E-state index in [0.29, 0.717) is 29.5 Å². The van der Waals surface area contributed by atoms with Crippen molar-refractivity contribution in [2.45, 2.75) is 65.0 Å². The highest BCUT2D eigenvalue weighted by atomic mass is 19.1. The number of aliphatic hydroxyl groups excluding tert-OH is 1. The van der Waals surface area contributed by atoms with Crippen molar-refractivity contribution in [2.75, 3.05) is 39.3 Å². The normalized spacial score (nSPS) is 23.8. The van der Waals surface area contributed by atoms with E-state index in [2.05, 4.69) is 23.0 Å². The molecule has 6 rings (SSSR count). The van der Waals surface area contributed by atoms with Crippen molar-refractivity contribution in [2.24, 2.45) is 11.8 Å². The van der Waals surface area contributed by atoms with Gasteiger partial charge in [0.05, 0.1) is 29.1 Å². The molecule has 1 N–H and O–H groups in total. The Hall–Kier alpha value is -3.30. The minimum absolute atomic E-state index is 0.114. The van der Waals surface area contributed by atoms with Gasteiger partial charge in [0.25, 0.3) is 5.91 Å². The van der Waals surface area contributed by atoms with Gasteiger partial charge in [-0.25, -0.2) is 4.39 Å². The predicted octanol–water partition coefficient (Wildman–Crippen LogP) is 4.19. The summed E-state index contributed by atoms with van der Waals surface area (Å²) in [6.07, 6.45) is 10.0. The highest BCUT2D eigenvalue weighted by molar-refractivity contribution is 5.99. The molecular weight excluding hydrogens is 533 g/mol. The Morgan fingerprint density at radius 3 is 2.55 bits per heavy atom. The van der Waals surface area contributed by atoms with Crippen LogP contribution in [0.3, 0.4) is 0 Å². The lowest BCUT2D eigenvalue weighted by molar-refractivity contribution is -0.130. The average Bonchev–Trinajstić information content (AvgIpc) is 3.66. The summed E-state index contributed by atoms with van der Waals surface area (Å²) in [7, 11) is 0. The van der Waals surface area contributed by atoms with Gasteiger partial charge in [0.15, 0.2) is 0 Å². The molecule has 3 aliphatic heterocycles. The Morgan fingerprint density at radius 1 is 1.07 bits per heavy atom. The molecule has 9 heteroatoms. The molecule has 0 saturated carbocycles. The summed E-state index contributed by atoms with van der Waals surface area (Å²) in [6, 6.07) is 4.29. The number of carbonyl (C=O) groups excluding carboxylic acids is 2. The first-order valence-corrected chi connectivity index (χ1v) is 15.4. The van der Waals surface area contributed by atoms with Crippen molar-refractivity contribution < 1.29 is 19.1 Å². The van der Waals surface area contributed by atoms with E-state index in [9.17, 15) is 19.1 Å². The van der Waals surface area contributed by atoms with Gasteiger partial charge in [0.1, 0.15) is 5.82 Å². The van der Waals surface area contributed by atoms with Crippen molar-refractivity contribution in [3.05, 3.63) is 59.3 Å². The van der Waals surface area contributed by atoms with E-state index in [1.807, 2.05) is 28.8 Å². The molecule has 224 valence electrons. The van der Waals surface area contributed by atoms with Crippen LogP contribution in [0.5, 0.6) is 0 Å². The number of rotatable bonds is 6. The van der Waals surface area contributed by atoms with Crippen LogP contribution in [0, 0.1) is 24.6 Å². The molecule has 0 bridgehead atoms. The van der Waals surface area contributed by atoms with E-state index in [0.717, 1.165) is 74.9 Å². The number of aliphatic hydroxyl groups is 1. The smallest absolute Gasteiger partial charge is 0.256 e. The lowest BCUT2D eigenvalue weighted by Gasteiger charge is -2.33. The summed E-state index contributed by atoms with van der Waals surface area (Å²) < 4.78 is 16.5. The van der Waals surface area contributed by atoms with Crippen LogP contribution in [0.25, 0.3) is 16.6 Å². The number of amides is 2. The molecule has 3 fully saturated rings. The number of hydrogen-bond acceptors (Lipinski definition) is 5. The highest BCUT2D eigenvalue weighted by Crippen LogP contribution is 2.33. The van der Waals surface area contributed by atoms with Gasteiger partial charge in [0, 0.05) is 63.5 Å². The Bertz CT molecular complexity index is 1480. The molecule has 3 aromatic rings. The SMILES string of the molecule is CC(=O)N1CCC(CN2CC[C@@H](Cc3cn(-c4ccc(F)cc4C(=O)N4C[C@@H](O)C[C@H]4C)c4cncc(C)c34)C2)CC1. The summed E-state index contributed by atoms with van der Waals surface area (Å²) in [5.74, 6) is 0.621. The maximum absolute atomic E-state index is 14.5. The molecule has 0 spiro atoms. The minimum atomic E-state index is -0.564. The number of aromatic nitrogens is 2. The number of piperidine rings is 1. The van der Waals surface area contributed by atoms with Gasteiger partial charge in [-0.2, -0.15) is 0 Å². The second kappa shape index (κ2) is 11.8. The summed E-state index contributed by atoms with van der Waals surface area (Å²) in [5, 5.41) is 11.3. The fraction of sp³-hybridized carbons (Fsp3) is 0.545. The lowest BCUT2D eigenvalue weighted by Crippen LogP contribution is -2.40. The first-order valence-electron chi connectivity index (χ1n) is 15.4. The fourth-order valence-corrected chi connectivity index (χ4v) is 7.48. The molecule has 1 aromatic carbocycles. The third-order valence-corrected chi connectivity index (χ3v) is 9.70. The number of pyridine rings is 1. The van der Waals surface area contributed by atoms with Gasteiger partial charge < -0.3 is 24.4 Å². The molecule has 8 nitrogen and oxygen atoms in total. The van der Waals surface area contributed by atoms with Gasteiger partial charge >= 0.3 is 0 Å². The Morgan fingerprint density at radius 2 is 1.83 bits per heavy atom. The molecule has 3 atom stereocenters. The Kier molecular flexibility index (Phi) is 8.07. The van der Waals surface area contributed by atoms with Crippen LogP contribution >= 0.6 is 0 Å². The average molecular weight is 576 g/mol. The molecule has 5 heterocycles. The van der Waals surface area contributed by atoms with Crippen LogP contribution in [0.2, 0.25) is 0 Å². The number of likely N-dealkylation sites (tertiary alicyclic amines) is 3. The molecule has 0 radical (unpaired) electrons. The monoisotopic (exact) mass is 575 g/mol. The molecule has 2 aromatic heterocycles. The zero-order valence-electron chi connectivity index (χ0n) is 24.9. The zero-order valence-corrected chi connectivity index (χ0v) is 24.9. The van der Waals surface area contributed by atoms with E-state index in [1.165, 1.54) is 17.7 Å². The van der Waals surface area contributed by atoms with E-state index in [-0.39, 0.29) is 24.4 Å². The fourth-order valence-electron chi connectivity index (χ4n) is 7.48. The van der Waals surface area contributed by atoms with Crippen molar-refractivity contribution in [3.8, 4) is 5.69 Å². The van der Waals surface area contributed by atoms with Crippen LogP contribution in [0.4, 0.5) is 4.39 Å². The molecule has 0 aliphatic carbocycles. The summed E-state index contributed by atoms with van der Waals surface area (Å²) in [4.78, 5) is 36.1. The number of fused-ring (bicyclic) bond motifs is 1. The summed E-state index contributed by atoms with van der Waals surface area (Å²) >= 11 is 0. The maximum Gasteiger partial charge on any atom is 0.256 e. The van der Waals surface area contributed by atoms with Crippen molar-refractivity contribution >= 4 is 22.7 Å². The zero-order chi connectivity index (χ0) is 29.5. The number of aryl methyl sites for hydroxylation is 1. The third kappa shape index (κ3) is 5.69. The van der Waals surface area contributed by atoms with Gasteiger partial charge in [-0.05, 0) is 93.7 Å². The van der Waals surface area contributed by atoms with E-state index in [1.54, 1.807) is 17.9 Å². The van der Waals surface area contributed by atoms with Gasteiger partial charge in [-0.1, -0.05) is 0 Å². The van der Waals surface area contributed by atoms with Gasteiger partial charge in [-0.3, -0.25) is 14.6 Å². The van der Waals surface area contributed by atoms with Crippen LogP contribution in [0.1, 0.15) is 61.0 Å². The molecule has 0 unspecified atom stereocenters. The molecule has 3 saturated heterocycles. The van der Waals surface area contributed by atoms with Crippen molar-refractivity contribution in [1.29, 1.82) is 0 Å². The molecule has 3 aliphatic rings. The summed E-state index contributed by atoms with van der Waals surface area (Å²) in [5.41, 5.74) is 4.14. The van der Waals surface area contributed by atoms with Gasteiger partial charge in [-0.15, -0.1) is 0 Å². The van der Waals surface area contributed by atoms with Crippen LogP contribution in [0.15, 0.2) is 36.8 Å². The number of benzene rings is 1. The number of carbonyl (C=O) groups is 2. The van der Waals surface area contributed by atoms with E-state index >= 15 is 0 Å². The molecular formula is C33H42FN5O3. The quantitative estimate of drug-likeness (QED) is 0.477. The predicted molar refractivity (Wildman–Crippen MR) is 160 cm³/mol. The van der Waals surface area contributed by atoms with Crippen molar-refractivity contribution in [1.82, 2.24) is 24.3 Å². The molecule has 42 heavy (non-hydrogen) atoms. The second-order valence-corrected chi connectivity index (χ2v) is 12.8. The first kappa shape index (κ1) is 28.8. The Balaban J connectivity index is 1.24. The number of β-amino-alcohol motifs (C(OH)–C–C–N with tert-alkyl or cyclic N) is 1. The van der Waals surface area contributed by atoms with Crippen molar-refractivity contribution in [3.63, 3.8) is 0 Å². The van der Waals surface area contributed by atoms with E-state index in [4.69, 9.17) is 0 Å². The lowest BCUT2D eigenvalue weighted by atomic mass is 9.96. The first-order chi connectivity index (χ1) is 20.2. The number of halogens is 1. The third-order valence-electron chi connectivity index (χ3n) is 9.70.